The van der Waals surface area contributed by atoms with Gasteiger partial charge in [0.1, 0.15) is 0 Å². The first kappa shape index (κ1) is 16.4. The van der Waals surface area contributed by atoms with Crippen molar-refractivity contribution in [3.8, 4) is 0 Å². The van der Waals surface area contributed by atoms with Crippen LogP contribution in [0.15, 0.2) is 48.0 Å². The van der Waals surface area contributed by atoms with Crippen molar-refractivity contribution < 1.29 is 4.79 Å². The van der Waals surface area contributed by atoms with Crippen LogP contribution in [0.3, 0.4) is 0 Å². The zero-order valence-corrected chi connectivity index (χ0v) is 13.7. The Labute approximate surface area is 137 Å². The van der Waals surface area contributed by atoms with Crippen molar-refractivity contribution in [1.29, 1.82) is 0 Å². The zero-order chi connectivity index (χ0) is 15.8. The number of carbonyl (C=O) groups excluding carboxylic acids is 1. The van der Waals surface area contributed by atoms with Gasteiger partial charge in [-0.05, 0) is 21.9 Å². The average Bonchev–Trinajstić information content (AvgIpc) is 3.17. The predicted octanol–water partition coefficient (Wildman–Crippen LogP) is 2.08. The van der Waals surface area contributed by atoms with E-state index in [9.17, 15) is 4.79 Å². The van der Waals surface area contributed by atoms with E-state index in [-0.39, 0.29) is 11.7 Å². The van der Waals surface area contributed by atoms with Crippen LogP contribution in [0, 0.1) is 0 Å². The molecule has 0 unspecified atom stereocenters. The van der Waals surface area contributed by atoms with Gasteiger partial charge in [-0.3, -0.25) is 4.79 Å². The second-order valence-electron chi connectivity index (χ2n) is 4.36. The van der Waals surface area contributed by atoms with Gasteiger partial charge in [-0.2, -0.15) is 0 Å². The molecule has 0 aliphatic heterocycles. The van der Waals surface area contributed by atoms with Gasteiger partial charge in [0.25, 0.3) is 0 Å². The third kappa shape index (κ3) is 4.54. The van der Waals surface area contributed by atoms with Crippen LogP contribution in [-0.4, -0.2) is 49.9 Å². The van der Waals surface area contributed by atoms with Crippen LogP contribution < -0.4 is 0 Å². The Morgan fingerprint density at radius 1 is 1.41 bits per heavy atom. The van der Waals surface area contributed by atoms with Crippen molar-refractivity contribution in [2.24, 2.45) is 0 Å². The van der Waals surface area contributed by atoms with Crippen molar-refractivity contribution in [2.45, 2.75) is 11.7 Å². The van der Waals surface area contributed by atoms with Crippen molar-refractivity contribution in [1.82, 2.24) is 25.1 Å². The van der Waals surface area contributed by atoms with Gasteiger partial charge < -0.3 is 4.90 Å². The van der Waals surface area contributed by atoms with Crippen molar-refractivity contribution in [3.05, 3.63) is 47.7 Å². The molecule has 2 aromatic heterocycles. The van der Waals surface area contributed by atoms with E-state index in [4.69, 9.17) is 0 Å². The highest BCUT2D eigenvalue weighted by molar-refractivity contribution is 7.99. The molecule has 0 saturated carbocycles. The molecule has 1 amide bonds. The maximum atomic E-state index is 12.2. The van der Waals surface area contributed by atoms with E-state index in [1.54, 1.807) is 33.1 Å². The summed E-state index contributed by atoms with van der Waals surface area (Å²) in [4.78, 5) is 15.0. The summed E-state index contributed by atoms with van der Waals surface area (Å²) < 4.78 is 1.70. The highest BCUT2D eigenvalue weighted by Gasteiger charge is 2.14. The number of aromatic nitrogens is 4. The van der Waals surface area contributed by atoms with Crippen LogP contribution in [0.4, 0.5) is 0 Å². The Morgan fingerprint density at radius 2 is 2.18 bits per heavy atom. The molecule has 0 fully saturated rings. The van der Waals surface area contributed by atoms with E-state index < -0.39 is 0 Å². The molecule has 0 saturated heterocycles. The Kier molecular flexibility index (Phi) is 6.35. The van der Waals surface area contributed by atoms with E-state index in [2.05, 4.69) is 28.7 Å². The van der Waals surface area contributed by atoms with Gasteiger partial charge in [-0.1, -0.05) is 30.0 Å². The molecule has 0 spiro atoms. The van der Waals surface area contributed by atoms with Crippen LogP contribution in [0.25, 0.3) is 0 Å². The molecule has 6 nitrogen and oxygen atoms in total. The number of hydrogen-bond donors (Lipinski definition) is 0. The van der Waals surface area contributed by atoms with E-state index in [1.165, 1.54) is 16.6 Å². The lowest BCUT2D eigenvalue weighted by Gasteiger charge is -2.18. The zero-order valence-electron chi connectivity index (χ0n) is 12.1. The first-order valence-electron chi connectivity index (χ1n) is 6.65. The number of tetrazole rings is 1. The van der Waals surface area contributed by atoms with Crippen molar-refractivity contribution >= 4 is 29.0 Å². The number of nitrogens with zero attached hydrogens (tertiary/aromatic N) is 5. The molecule has 116 valence electrons. The topological polar surface area (TPSA) is 63.9 Å². The monoisotopic (exact) mass is 335 g/mol. The molecule has 0 bridgehead atoms. The second kappa shape index (κ2) is 8.50. The lowest BCUT2D eigenvalue weighted by molar-refractivity contribution is -0.127. The molecule has 0 aliphatic rings. The number of hydrogen-bond acceptors (Lipinski definition) is 6. The first-order chi connectivity index (χ1) is 10.7. The van der Waals surface area contributed by atoms with E-state index in [0.717, 1.165) is 0 Å². The fourth-order valence-corrected chi connectivity index (χ4v) is 3.22. The van der Waals surface area contributed by atoms with Gasteiger partial charge in [0.2, 0.25) is 11.1 Å². The predicted molar refractivity (Wildman–Crippen MR) is 88.9 cm³/mol. The number of amides is 1. The number of thioether (sulfide) groups is 1. The van der Waals surface area contributed by atoms with Gasteiger partial charge in [0, 0.05) is 18.0 Å². The molecule has 8 heteroatoms. The number of rotatable bonds is 9. The first-order valence-corrected chi connectivity index (χ1v) is 8.52. The summed E-state index contributed by atoms with van der Waals surface area (Å²) in [5, 5.41) is 14.3. The smallest absolute Gasteiger partial charge is 0.233 e. The summed E-state index contributed by atoms with van der Waals surface area (Å²) in [5.74, 6) is 0.294. The molecular weight excluding hydrogens is 318 g/mol. The minimum atomic E-state index is 0.00970. The summed E-state index contributed by atoms with van der Waals surface area (Å²) in [6, 6.07) is 4.02. The van der Waals surface area contributed by atoms with Crippen molar-refractivity contribution in [2.75, 3.05) is 18.8 Å². The lowest BCUT2D eigenvalue weighted by atomic mass is 10.4. The third-order valence-electron chi connectivity index (χ3n) is 2.76. The summed E-state index contributed by atoms with van der Waals surface area (Å²) >= 11 is 2.98. The number of thiophene rings is 1. The van der Waals surface area contributed by atoms with E-state index >= 15 is 0 Å². The Bertz CT molecular complexity index is 613. The van der Waals surface area contributed by atoms with Crippen molar-refractivity contribution in [3.63, 3.8) is 0 Å². The standard InChI is InChI=1S/C14H17N5OS2/c1-3-7-18(8-4-2)13(20)11-22-14-15-16-17-19(14)10-12-6-5-9-21-12/h3-6,9H,1-2,7-8,10-11H2. The molecule has 0 atom stereocenters. The van der Waals surface area contributed by atoms with Gasteiger partial charge in [0.15, 0.2) is 0 Å². The highest BCUT2D eigenvalue weighted by atomic mass is 32.2. The molecular formula is C14H17N5OS2. The highest BCUT2D eigenvalue weighted by Crippen LogP contribution is 2.17. The Hall–Kier alpha value is -1.93. The van der Waals surface area contributed by atoms with Crippen LogP contribution in [0.1, 0.15) is 4.88 Å². The molecule has 0 N–H and O–H groups in total. The second-order valence-corrected chi connectivity index (χ2v) is 6.34. The summed E-state index contributed by atoms with van der Waals surface area (Å²) in [5.41, 5.74) is 0. The fourth-order valence-electron chi connectivity index (χ4n) is 1.76. The third-order valence-corrected chi connectivity index (χ3v) is 4.56. The molecule has 2 rings (SSSR count). The van der Waals surface area contributed by atoms with Gasteiger partial charge in [-0.15, -0.1) is 29.6 Å². The molecule has 0 aromatic carbocycles. The Balaban J connectivity index is 1.93. The Morgan fingerprint density at radius 3 is 2.82 bits per heavy atom. The van der Waals surface area contributed by atoms with Crippen LogP contribution in [0.2, 0.25) is 0 Å². The quantitative estimate of drug-likeness (QED) is 0.518. The maximum absolute atomic E-state index is 12.2. The van der Waals surface area contributed by atoms with Crippen LogP contribution >= 0.6 is 23.1 Å². The minimum Gasteiger partial charge on any atom is -0.335 e. The van der Waals surface area contributed by atoms with Gasteiger partial charge in [0.05, 0.1) is 12.3 Å². The maximum Gasteiger partial charge on any atom is 0.233 e. The minimum absolute atomic E-state index is 0.00970. The van der Waals surface area contributed by atoms with Crippen LogP contribution in [0.5, 0.6) is 0 Å². The molecule has 2 aromatic rings. The van der Waals surface area contributed by atoms with E-state index in [0.29, 0.717) is 24.8 Å². The van der Waals surface area contributed by atoms with Crippen LogP contribution in [-0.2, 0) is 11.3 Å². The summed E-state index contributed by atoms with van der Waals surface area (Å²) in [7, 11) is 0. The normalized spacial score (nSPS) is 10.4. The SMILES string of the molecule is C=CCN(CC=C)C(=O)CSc1nnnn1Cc1cccs1. The largest absolute Gasteiger partial charge is 0.335 e. The summed E-state index contributed by atoms with van der Waals surface area (Å²) in [6.07, 6.45) is 3.40. The lowest BCUT2D eigenvalue weighted by Crippen LogP contribution is -2.32. The molecule has 2 heterocycles. The molecule has 0 radical (unpaired) electrons. The fraction of sp³-hybridized carbons (Fsp3) is 0.286. The molecule has 0 aliphatic carbocycles. The summed E-state index contributed by atoms with van der Waals surface area (Å²) in [6.45, 7) is 8.95. The average molecular weight is 335 g/mol. The van der Waals surface area contributed by atoms with Gasteiger partial charge >= 0.3 is 0 Å². The van der Waals surface area contributed by atoms with E-state index in [1.807, 2.05) is 17.5 Å². The molecule has 22 heavy (non-hydrogen) atoms. The number of carbonyl (C=O) groups is 1. The van der Waals surface area contributed by atoms with Gasteiger partial charge in [-0.25, -0.2) is 4.68 Å².